The number of benzene rings is 1. The van der Waals surface area contributed by atoms with Gasteiger partial charge in [-0.25, -0.2) is 4.39 Å². The van der Waals surface area contributed by atoms with Crippen molar-refractivity contribution >= 4 is 11.6 Å². The summed E-state index contributed by atoms with van der Waals surface area (Å²) in [6.07, 6.45) is 0.318. The molecule has 1 aromatic rings. The molecule has 0 saturated heterocycles. The number of ether oxygens (including phenoxy) is 3. The average Bonchev–Trinajstić information content (AvgIpc) is 2.45. The van der Waals surface area contributed by atoms with Crippen molar-refractivity contribution in [1.82, 2.24) is 0 Å². The van der Waals surface area contributed by atoms with Gasteiger partial charge in [0.2, 0.25) is 0 Å². The number of hydrogen-bond acceptors (Lipinski definition) is 4. The van der Waals surface area contributed by atoms with E-state index in [4.69, 9.17) is 31.5 Å². The van der Waals surface area contributed by atoms with Crippen LogP contribution in [0.5, 0.6) is 5.75 Å². The molecule has 4 nitrogen and oxygen atoms in total. The summed E-state index contributed by atoms with van der Waals surface area (Å²) in [5.74, 6) is -1.21. The molecule has 0 aromatic heterocycles. The molecule has 0 bridgehead atoms. The first-order chi connectivity index (χ1) is 9.45. The molecule has 0 fully saturated rings. The van der Waals surface area contributed by atoms with Crippen LogP contribution in [0.25, 0.3) is 0 Å². The van der Waals surface area contributed by atoms with Crippen molar-refractivity contribution in [1.29, 1.82) is 0 Å². The fraction of sp³-hybridized carbons (Fsp3) is 0.571. The highest BCUT2D eigenvalue weighted by atomic mass is 35.5. The van der Waals surface area contributed by atoms with Gasteiger partial charge in [0, 0.05) is 19.8 Å². The highest BCUT2D eigenvalue weighted by Gasteiger charge is 2.33. The Hall–Kier alpha value is -0.880. The Kier molecular flexibility index (Phi) is 6.20. The Morgan fingerprint density at radius 3 is 2.40 bits per heavy atom. The van der Waals surface area contributed by atoms with Gasteiger partial charge in [-0.2, -0.15) is 0 Å². The maximum atomic E-state index is 14.2. The van der Waals surface area contributed by atoms with Crippen LogP contribution in [-0.2, 0) is 21.7 Å². The number of rotatable bonds is 7. The van der Waals surface area contributed by atoms with Crippen LogP contribution in [0.1, 0.15) is 25.0 Å². The van der Waals surface area contributed by atoms with Crippen LogP contribution in [0.15, 0.2) is 6.07 Å². The molecule has 0 aliphatic rings. The second-order valence-corrected chi connectivity index (χ2v) is 4.76. The van der Waals surface area contributed by atoms with E-state index in [9.17, 15) is 4.39 Å². The van der Waals surface area contributed by atoms with E-state index >= 15 is 0 Å². The summed E-state index contributed by atoms with van der Waals surface area (Å²) < 4.78 is 30.5. The molecule has 0 atom stereocenters. The van der Waals surface area contributed by atoms with Crippen molar-refractivity contribution in [3.63, 3.8) is 0 Å². The predicted molar refractivity (Wildman–Crippen MR) is 76.7 cm³/mol. The molecule has 0 heterocycles. The summed E-state index contributed by atoms with van der Waals surface area (Å²) in [7, 11) is 3.00. The van der Waals surface area contributed by atoms with Gasteiger partial charge in [-0.1, -0.05) is 11.6 Å². The Balaban J connectivity index is 3.57. The lowest BCUT2D eigenvalue weighted by atomic mass is 9.99. The van der Waals surface area contributed by atoms with E-state index in [1.54, 1.807) is 6.92 Å². The van der Waals surface area contributed by atoms with E-state index < -0.39 is 11.6 Å². The van der Waals surface area contributed by atoms with Gasteiger partial charge in [-0.3, -0.25) is 0 Å². The molecule has 0 spiro atoms. The lowest BCUT2D eigenvalue weighted by Gasteiger charge is -2.30. The Labute approximate surface area is 124 Å². The first-order valence-electron chi connectivity index (χ1n) is 6.39. The third kappa shape index (κ3) is 3.23. The summed E-state index contributed by atoms with van der Waals surface area (Å²) in [6, 6.07) is 1.47. The zero-order chi connectivity index (χ0) is 15.3. The summed E-state index contributed by atoms with van der Waals surface area (Å²) in [6.45, 7) is 4.20. The third-order valence-corrected chi connectivity index (χ3v) is 3.49. The minimum Gasteiger partial charge on any atom is -0.493 e. The van der Waals surface area contributed by atoms with E-state index in [1.807, 2.05) is 6.92 Å². The lowest BCUT2D eigenvalue weighted by molar-refractivity contribution is -0.202. The number of methoxy groups -OCH3 is 2. The monoisotopic (exact) mass is 305 g/mol. The van der Waals surface area contributed by atoms with Crippen LogP contribution >= 0.6 is 11.6 Å². The maximum Gasteiger partial charge on any atom is 0.194 e. The van der Waals surface area contributed by atoms with Gasteiger partial charge >= 0.3 is 0 Å². The summed E-state index contributed by atoms with van der Waals surface area (Å²) in [5, 5.41) is -0.00720. The van der Waals surface area contributed by atoms with E-state index in [0.717, 1.165) is 0 Å². The van der Waals surface area contributed by atoms with Crippen molar-refractivity contribution in [2.75, 3.05) is 27.4 Å². The molecule has 0 aliphatic heterocycles. The van der Waals surface area contributed by atoms with Gasteiger partial charge in [0.15, 0.2) is 5.79 Å². The molecule has 2 N–H and O–H groups in total. The first-order valence-corrected chi connectivity index (χ1v) is 6.77. The molecule has 114 valence electrons. The third-order valence-electron chi connectivity index (χ3n) is 3.22. The van der Waals surface area contributed by atoms with Gasteiger partial charge < -0.3 is 19.9 Å². The van der Waals surface area contributed by atoms with Gasteiger partial charge in [0.05, 0.1) is 17.2 Å². The molecule has 0 radical (unpaired) electrons. The predicted octanol–water partition coefficient (Wildman–Crippen LogP) is 2.84. The minimum absolute atomic E-state index is 0.00720. The topological polar surface area (TPSA) is 53.7 Å². The van der Waals surface area contributed by atoms with Crippen LogP contribution in [-0.4, -0.2) is 27.4 Å². The minimum atomic E-state index is -1.08. The summed E-state index contributed by atoms with van der Waals surface area (Å²) >= 11 is 5.96. The fourth-order valence-electron chi connectivity index (χ4n) is 1.98. The van der Waals surface area contributed by atoms with E-state index in [2.05, 4.69) is 0 Å². The van der Waals surface area contributed by atoms with Gasteiger partial charge in [0.1, 0.15) is 11.6 Å². The van der Waals surface area contributed by atoms with Crippen LogP contribution in [0, 0.1) is 5.82 Å². The molecule has 1 aromatic carbocycles. The fourth-order valence-corrected chi connectivity index (χ4v) is 2.20. The van der Waals surface area contributed by atoms with Crippen molar-refractivity contribution in [3.8, 4) is 5.75 Å². The van der Waals surface area contributed by atoms with Gasteiger partial charge in [-0.15, -0.1) is 0 Å². The molecule has 0 amide bonds. The van der Waals surface area contributed by atoms with E-state index in [-0.39, 0.29) is 11.6 Å². The van der Waals surface area contributed by atoms with Crippen LogP contribution in [0.4, 0.5) is 4.39 Å². The number of halogens is 2. The molecule has 0 unspecified atom stereocenters. The Morgan fingerprint density at radius 2 is 1.95 bits per heavy atom. The highest BCUT2D eigenvalue weighted by molar-refractivity contribution is 6.31. The molecular weight excluding hydrogens is 285 g/mol. The summed E-state index contributed by atoms with van der Waals surface area (Å²) in [5.41, 5.74) is 6.43. The smallest absolute Gasteiger partial charge is 0.194 e. The lowest BCUT2D eigenvalue weighted by Crippen LogP contribution is -2.28. The second kappa shape index (κ2) is 7.22. The van der Waals surface area contributed by atoms with Crippen LogP contribution in [0.3, 0.4) is 0 Å². The molecule has 1 rings (SSSR count). The summed E-state index contributed by atoms with van der Waals surface area (Å²) in [4.78, 5) is 0. The zero-order valence-electron chi connectivity index (χ0n) is 12.3. The zero-order valence-corrected chi connectivity index (χ0v) is 13.0. The molecule has 6 heteroatoms. The highest BCUT2D eigenvalue weighted by Crippen LogP contribution is 2.40. The number of hydrogen-bond donors (Lipinski definition) is 1. The van der Waals surface area contributed by atoms with Crippen LogP contribution < -0.4 is 10.5 Å². The Morgan fingerprint density at radius 1 is 1.35 bits per heavy atom. The molecule has 0 aliphatic carbocycles. The SMILES string of the molecule is CCOc1c(C(C)(OC)OC)cc(Cl)c(F)c1CCN. The molecular formula is C14H21ClFNO3. The quantitative estimate of drug-likeness (QED) is 0.787. The van der Waals surface area contributed by atoms with Crippen molar-refractivity contribution in [2.45, 2.75) is 26.1 Å². The standard InChI is InChI=1S/C14H21ClFNO3/c1-5-20-13-9(6-7-17)12(16)11(15)8-10(13)14(2,18-3)19-4/h8H,5-7,17H2,1-4H3. The largest absolute Gasteiger partial charge is 0.493 e. The Bertz CT molecular complexity index is 464. The van der Waals surface area contributed by atoms with Crippen molar-refractivity contribution in [2.24, 2.45) is 5.73 Å². The molecule has 20 heavy (non-hydrogen) atoms. The van der Waals surface area contributed by atoms with Crippen molar-refractivity contribution in [3.05, 3.63) is 28.0 Å². The van der Waals surface area contributed by atoms with E-state index in [1.165, 1.54) is 20.3 Å². The van der Waals surface area contributed by atoms with Crippen LogP contribution in [0.2, 0.25) is 5.02 Å². The molecule has 0 saturated carbocycles. The van der Waals surface area contributed by atoms with Crippen molar-refractivity contribution < 1.29 is 18.6 Å². The second-order valence-electron chi connectivity index (χ2n) is 4.35. The maximum absolute atomic E-state index is 14.2. The van der Waals surface area contributed by atoms with Gasteiger partial charge in [-0.05, 0) is 32.9 Å². The van der Waals surface area contributed by atoms with E-state index in [0.29, 0.717) is 29.9 Å². The number of nitrogens with two attached hydrogens (primary N) is 1. The van der Waals surface area contributed by atoms with Gasteiger partial charge in [0.25, 0.3) is 0 Å². The average molecular weight is 306 g/mol. The first kappa shape index (κ1) is 17.2. The normalized spacial score (nSPS) is 11.8.